The van der Waals surface area contributed by atoms with Gasteiger partial charge in [0.25, 0.3) is 0 Å². The maximum atomic E-state index is 5.45. The minimum absolute atomic E-state index is 0.0274. The van der Waals surface area contributed by atoms with Crippen LogP contribution in [0.15, 0.2) is 0 Å². The lowest BCUT2D eigenvalue weighted by atomic mass is 10.00. The molecule has 0 spiro atoms. The van der Waals surface area contributed by atoms with Crippen molar-refractivity contribution in [2.45, 2.75) is 38.6 Å². The Hall–Kier alpha value is -0.480. The molecular weight excluding hydrogens is 134 g/mol. The fourth-order valence-corrected chi connectivity index (χ4v) is 1.54. The van der Waals surface area contributed by atoms with Crippen LogP contribution in [-0.2, 0) is 0 Å². The van der Waals surface area contributed by atoms with Gasteiger partial charge in [-0.15, -0.1) is 6.42 Å². The second-order valence-corrected chi connectivity index (χ2v) is 3.75. The summed E-state index contributed by atoms with van der Waals surface area (Å²) in [4.78, 5) is 2.40. The number of likely N-dealkylation sites (tertiary alicyclic amines) is 1. The van der Waals surface area contributed by atoms with E-state index in [2.05, 4.69) is 24.7 Å². The minimum Gasteiger partial charge on any atom is -0.288 e. The van der Waals surface area contributed by atoms with Gasteiger partial charge in [0.1, 0.15) is 0 Å². The summed E-state index contributed by atoms with van der Waals surface area (Å²) in [5, 5.41) is 0. The van der Waals surface area contributed by atoms with Crippen LogP contribution in [0.3, 0.4) is 0 Å². The van der Waals surface area contributed by atoms with Gasteiger partial charge in [-0.2, -0.15) is 0 Å². The van der Waals surface area contributed by atoms with Gasteiger partial charge in [0, 0.05) is 0 Å². The van der Waals surface area contributed by atoms with Gasteiger partial charge in [-0.05, 0) is 39.8 Å². The Labute approximate surface area is 69.8 Å². The molecule has 1 saturated heterocycles. The fraction of sp³-hybridized carbons (Fsp3) is 0.800. The molecule has 0 amide bonds. The van der Waals surface area contributed by atoms with E-state index in [-0.39, 0.29) is 5.54 Å². The highest BCUT2D eigenvalue weighted by Gasteiger charge is 2.24. The zero-order valence-corrected chi connectivity index (χ0v) is 7.56. The number of hydrogen-bond donors (Lipinski definition) is 0. The molecule has 1 rings (SSSR count). The average molecular weight is 151 g/mol. The summed E-state index contributed by atoms with van der Waals surface area (Å²) in [6.07, 6.45) is 9.44. The van der Waals surface area contributed by atoms with Crippen molar-refractivity contribution in [1.82, 2.24) is 4.90 Å². The van der Waals surface area contributed by atoms with Crippen molar-refractivity contribution in [2.75, 3.05) is 13.1 Å². The summed E-state index contributed by atoms with van der Waals surface area (Å²) in [5.41, 5.74) is -0.0274. The third-order valence-corrected chi connectivity index (χ3v) is 2.50. The summed E-state index contributed by atoms with van der Waals surface area (Å²) in [5.74, 6) is 2.84. The van der Waals surface area contributed by atoms with Gasteiger partial charge in [-0.25, -0.2) is 0 Å². The molecule has 1 aliphatic heterocycles. The van der Waals surface area contributed by atoms with E-state index in [4.69, 9.17) is 6.42 Å². The molecule has 1 nitrogen and oxygen atoms in total. The van der Waals surface area contributed by atoms with Crippen LogP contribution in [0.2, 0.25) is 0 Å². The van der Waals surface area contributed by atoms with Crippen molar-refractivity contribution < 1.29 is 0 Å². The SMILES string of the molecule is C#CC(C)(C)N1CCCCC1. The van der Waals surface area contributed by atoms with Crippen molar-refractivity contribution in [3.63, 3.8) is 0 Å². The molecule has 11 heavy (non-hydrogen) atoms. The number of terminal acetylenes is 1. The van der Waals surface area contributed by atoms with Gasteiger partial charge in [-0.3, -0.25) is 4.90 Å². The van der Waals surface area contributed by atoms with Gasteiger partial charge < -0.3 is 0 Å². The van der Waals surface area contributed by atoms with Crippen LogP contribution in [0.1, 0.15) is 33.1 Å². The topological polar surface area (TPSA) is 3.24 Å². The molecule has 0 atom stereocenters. The van der Waals surface area contributed by atoms with Crippen LogP contribution in [0.25, 0.3) is 0 Å². The van der Waals surface area contributed by atoms with E-state index in [1.165, 1.54) is 32.4 Å². The lowest BCUT2D eigenvalue weighted by Crippen LogP contribution is -2.45. The summed E-state index contributed by atoms with van der Waals surface area (Å²) >= 11 is 0. The number of nitrogens with zero attached hydrogens (tertiary/aromatic N) is 1. The molecule has 1 fully saturated rings. The van der Waals surface area contributed by atoms with E-state index in [1.54, 1.807) is 0 Å². The predicted octanol–water partition coefficient (Wildman–Crippen LogP) is 1.88. The molecule has 0 aliphatic carbocycles. The minimum atomic E-state index is -0.0274. The third kappa shape index (κ3) is 1.97. The Morgan fingerprint density at radius 2 is 1.73 bits per heavy atom. The molecule has 0 saturated carbocycles. The highest BCUT2D eigenvalue weighted by atomic mass is 15.2. The molecule has 62 valence electrons. The first-order valence-corrected chi connectivity index (χ1v) is 4.39. The zero-order chi connectivity index (χ0) is 8.32. The Bertz CT molecular complexity index is 158. The molecule has 1 heterocycles. The smallest absolute Gasteiger partial charge is 0.0766 e. The summed E-state index contributed by atoms with van der Waals surface area (Å²) in [6.45, 7) is 6.60. The third-order valence-electron chi connectivity index (χ3n) is 2.50. The standard InChI is InChI=1S/C10H17N/c1-4-10(2,3)11-8-6-5-7-9-11/h1H,5-9H2,2-3H3. The van der Waals surface area contributed by atoms with E-state index in [9.17, 15) is 0 Å². The quantitative estimate of drug-likeness (QED) is 0.517. The van der Waals surface area contributed by atoms with Gasteiger partial charge in [0.2, 0.25) is 0 Å². The lowest BCUT2D eigenvalue weighted by molar-refractivity contribution is 0.140. The Morgan fingerprint density at radius 1 is 1.18 bits per heavy atom. The van der Waals surface area contributed by atoms with Crippen molar-refractivity contribution in [1.29, 1.82) is 0 Å². The Morgan fingerprint density at radius 3 is 2.18 bits per heavy atom. The summed E-state index contributed by atoms with van der Waals surface area (Å²) in [6, 6.07) is 0. The van der Waals surface area contributed by atoms with Crippen molar-refractivity contribution >= 4 is 0 Å². The van der Waals surface area contributed by atoms with Gasteiger partial charge in [-0.1, -0.05) is 12.3 Å². The van der Waals surface area contributed by atoms with Crippen LogP contribution in [0.4, 0.5) is 0 Å². The summed E-state index contributed by atoms with van der Waals surface area (Å²) < 4.78 is 0. The number of rotatable bonds is 1. The molecule has 0 aromatic heterocycles. The molecule has 0 unspecified atom stereocenters. The van der Waals surface area contributed by atoms with Crippen LogP contribution in [0, 0.1) is 12.3 Å². The molecule has 0 radical (unpaired) electrons. The molecule has 0 N–H and O–H groups in total. The molecule has 0 aromatic rings. The highest BCUT2D eigenvalue weighted by molar-refractivity contribution is 5.08. The highest BCUT2D eigenvalue weighted by Crippen LogP contribution is 2.19. The zero-order valence-electron chi connectivity index (χ0n) is 7.56. The lowest BCUT2D eigenvalue weighted by Gasteiger charge is -2.37. The first kappa shape index (κ1) is 8.62. The molecule has 0 aromatic carbocycles. The second kappa shape index (κ2) is 3.28. The van der Waals surface area contributed by atoms with Gasteiger partial charge >= 0.3 is 0 Å². The van der Waals surface area contributed by atoms with Crippen LogP contribution < -0.4 is 0 Å². The predicted molar refractivity (Wildman–Crippen MR) is 48.3 cm³/mol. The fourth-order valence-electron chi connectivity index (χ4n) is 1.54. The van der Waals surface area contributed by atoms with Crippen molar-refractivity contribution in [2.24, 2.45) is 0 Å². The van der Waals surface area contributed by atoms with Crippen molar-refractivity contribution in [3.8, 4) is 12.3 Å². The van der Waals surface area contributed by atoms with Crippen molar-refractivity contribution in [3.05, 3.63) is 0 Å². The van der Waals surface area contributed by atoms with E-state index >= 15 is 0 Å². The van der Waals surface area contributed by atoms with Crippen LogP contribution >= 0.6 is 0 Å². The van der Waals surface area contributed by atoms with Gasteiger partial charge in [0.15, 0.2) is 0 Å². The normalized spacial score (nSPS) is 21.2. The molecular formula is C10H17N. The summed E-state index contributed by atoms with van der Waals surface area (Å²) in [7, 11) is 0. The molecule has 1 aliphatic rings. The second-order valence-electron chi connectivity index (χ2n) is 3.75. The largest absolute Gasteiger partial charge is 0.288 e. The number of hydrogen-bond acceptors (Lipinski definition) is 1. The monoisotopic (exact) mass is 151 g/mol. The Balaban J connectivity index is 2.52. The number of piperidine rings is 1. The first-order chi connectivity index (χ1) is 5.17. The van der Waals surface area contributed by atoms with E-state index < -0.39 is 0 Å². The average Bonchev–Trinajstić information content (AvgIpc) is 2.06. The van der Waals surface area contributed by atoms with E-state index in [0.717, 1.165) is 0 Å². The maximum Gasteiger partial charge on any atom is 0.0766 e. The molecule has 0 bridgehead atoms. The maximum absolute atomic E-state index is 5.45. The Kier molecular flexibility index (Phi) is 2.57. The van der Waals surface area contributed by atoms with Gasteiger partial charge in [0.05, 0.1) is 5.54 Å². The van der Waals surface area contributed by atoms with Crippen LogP contribution in [0.5, 0.6) is 0 Å². The molecule has 1 heteroatoms. The first-order valence-electron chi connectivity index (χ1n) is 4.39. The van der Waals surface area contributed by atoms with E-state index in [0.29, 0.717) is 0 Å². The van der Waals surface area contributed by atoms with Crippen LogP contribution in [-0.4, -0.2) is 23.5 Å². The van der Waals surface area contributed by atoms with E-state index in [1.807, 2.05) is 0 Å².